The van der Waals surface area contributed by atoms with Crippen molar-refractivity contribution >= 4 is 6.29 Å². The summed E-state index contributed by atoms with van der Waals surface area (Å²) in [6, 6.07) is 9.29. The summed E-state index contributed by atoms with van der Waals surface area (Å²) >= 11 is 0. The van der Waals surface area contributed by atoms with Crippen LogP contribution in [0.25, 0.3) is 0 Å². The standard InChI is InChI=1S/C19H20O5/c1-11-14-7-12(10-20)8-17(23-4)19(14)24-18(11)13-5-6-15(21-2)16(9-13)22-3/h5-11,18H,1-4H3/t11-,18-/m0/s1. The van der Waals surface area contributed by atoms with Gasteiger partial charge in [-0.05, 0) is 29.8 Å². The second-order valence-electron chi connectivity index (χ2n) is 5.70. The molecule has 1 heterocycles. The molecule has 0 saturated heterocycles. The van der Waals surface area contributed by atoms with E-state index in [1.165, 1.54) is 0 Å². The Morgan fingerprint density at radius 3 is 2.29 bits per heavy atom. The minimum atomic E-state index is -0.185. The maximum atomic E-state index is 11.2. The first-order valence-electron chi connectivity index (χ1n) is 7.68. The topological polar surface area (TPSA) is 54.0 Å². The molecule has 0 unspecified atom stereocenters. The van der Waals surface area contributed by atoms with Crippen LogP contribution >= 0.6 is 0 Å². The molecular weight excluding hydrogens is 308 g/mol. The van der Waals surface area contributed by atoms with Crippen molar-refractivity contribution in [2.45, 2.75) is 18.9 Å². The van der Waals surface area contributed by atoms with E-state index in [9.17, 15) is 4.79 Å². The highest BCUT2D eigenvalue weighted by Gasteiger charge is 2.35. The van der Waals surface area contributed by atoms with Crippen LogP contribution < -0.4 is 18.9 Å². The van der Waals surface area contributed by atoms with E-state index in [1.807, 2.05) is 24.3 Å². The van der Waals surface area contributed by atoms with Gasteiger partial charge in [-0.15, -0.1) is 0 Å². The summed E-state index contributed by atoms with van der Waals surface area (Å²) in [7, 11) is 4.78. The molecule has 0 radical (unpaired) electrons. The van der Waals surface area contributed by atoms with Crippen molar-refractivity contribution < 1.29 is 23.7 Å². The number of rotatable bonds is 5. The van der Waals surface area contributed by atoms with E-state index in [1.54, 1.807) is 27.4 Å². The monoisotopic (exact) mass is 328 g/mol. The van der Waals surface area contributed by atoms with Crippen LogP contribution in [-0.2, 0) is 0 Å². The Labute approximate surface area is 141 Å². The number of benzene rings is 2. The number of hydrogen-bond acceptors (Lipinski definition) is 5. The van der Waals surface area contributed by atoms with Crippen LogP contribution in [0, 0.1) is 0 Å². The highest BCUT2D eigenvalue weighted by molar-refractivity contribution is 5.78. The summed E-state index contributed by atoms with van der Waals surface area (Å²) in [5.41, 5.74) is 2.52. The van der Waals surface area contributed by atoms with Gasteiger partial charge in [0.1, 0.15) is 12.4 Å². The largest absolute Gasteiger partial charge is 0.493 e. The van der Waals surface area contributed by atoms with Gasteiger partial charge in [-0.25, -0.2) is 0 Å². The zero-order valence-corrected chi connectivity index (χ0v) is 14.2. The van der Waals surface area contributed by atoms with Crippen molar-refractivity contribution in [3.05, 3.63) is 47.0 Å². The van der Waals surface area contributed by atoms with Gasteiger partial charge in [0.05, 0.1) is 21.3 Å². The number of ether oxygens (including phenoxy) is 4. The molecule has 2 aromatic rings. The van der Waals surface area contributed by atoms with Crippen molar-refractivity contribution in [1.82, 2.24) is 0 Å². The van der Waals surface area contributed by atoms with Gasteiger partial charge in [-0.2, -0.15) is 0 Å². The molecule has 0 spiro atoms. The fourth-order valence-electron chi connectivity index (χ4n) is 3.11. The number of methoxy groups -OCH3 is 3. The molecule has 126 valence electrons. The van der Waals surface area contributed by atoms with Crippen LogP contribution in [0.15, 0.2) is 30.3 Å². The zero-order valence-electron chi connectivity index (χ0n) is 14.2. The Kier molecular flexibility index (Phi) is 4.34. The Hall–Kier alpha value is -2.69. The highest BCUT2D eigenvalue weighted by Crippen LogP contribution is 2.51. The van der Waals surface area contributed by atoms with Gasteiger partial charge in [0.25, 0.3) is 0 Å². The second kappa shape index (κ2) is 6.43. The van der Waals surface area contributed by atoms with Crippen molar-refractivity contribution in [2.24, 2.45) is 0 Å². The maximum absolute atomic E-state index is 11.2. The Morgan fingerprint density at radius 2 is 1.67 bits per heavy atom. The Morgan fingerprint density at radius 1 is 0.958 bits per heavy atom. The van der Waals surface area contributed by atoms with Crippen LogP contribution in [0.2, 0.25) is 0 Å². The minimum Gasteiger partial charge on any atom is -0.493 e. The Balaban J connectivity index is 2.02. The molecule has 5 heteroatoms. The smallest absolute Gasteiger partial charge is 0.165 e. The van der Waals surface area contributed by atoms with Gasteiger partial charge in [0.2, 0.25) is 0 Å². The summed E-state index contributed by atoms with van der Waals surface area (Å²) in [5.74, 6) is 2.67. The van der Waals surface area contributed by atoms with Crippen molar-refractivity contribution in [3.63, 3.8) is 0 Å². The van der Waals surface area contributed by atoms with Crippen molar-refractivity contribution in [3.8, 4) is 23.0 Å². The molecule has 5 nitrogen and oxygen atoms in total. The average Bonchev–Trinajstić information content (AvgIpc) is 2.97. The molecule has 3 rings (SSSR count). The molecule has 0 N–H and O–H groups in total. The highest BCUT2D eigenvalue weighted by atomic mass is 16.5. The number of carbonyl (C=O) groups is 1. The van der Waals surface area contributed by atoms with Gasteiger partial charge in [0.15, 0.2) is 23.0 Å². The average molecular weight is 328 g/mol. The van der Waals surface area contributed by atoms with Crippen LogP contribution in [-0.4, -0.2) is 27.6 Å². The molecule has 2 aromatic carbocycles. The first-order chi connectivity index (χ1) is 11.6. The van der Waals surface area contributed by atoms with Gasteiger partial charge in [-0.3, -0.25) is 4.79 Å². The fourth-order valence-corrected chi connectivity index (χ4v) is 3.11. The molecule has 24 heavy (non-hydrogen) atoms. The van der Waals surface area contributed by atoms with Crippen LogP contribution in [0.5, 0.6) is 23.0 Å². The normalized spacial score (nSPS) is 18.5. The maximum Gasteiger partial charge on any atom is 0.165 e. The quantitative estimate of drug-likeness (QED) is 0.782. The molecule has 0 aliphatic carbocycles. The van der Waals surface area contributed by atoms with E-state index < -0.39 is 0 Å². The van der Waals surface area contributed by atoms with E-state index in [-0.39, 0.29) is 12.0 Å². The Bertz CT molecular complexity index is 769. The van der Waals surface area contributed by atoms with E-state index >= 15 is 0 Å². The SMILES string of the molecule is COc1ccc([C@H]2Oc3c(OC)cc(C=O)cc3[C@@H]2C)cc1OC. The third-order valence-corrected chi connectivity index (χ3v) is 4.39. The van der Waals surface area contributed by atoms with Gasteiger partial charge in [-0.1, -0.05) is 13.0 Å². The lowest BCUT2D eigenvalue weighted by Gasteiger charge is -2.18. The predicted molar refractivity (Wildman–Crippen MR) is 89.7 cm³/mol. The van der Waals surface area contributed by atoms with Gasteiger partial charge < -0.3 is 18.9 Å². The number of carbonyl (C=O) groups excluding carboxylic acids is 1. The molecule has 0 aromatic heterocycles. The third kappa shape index (κ3) is 2.56. The van der Waals surface area contributed by atoms with Gasteiger partial charge >= 0.3 is 0 Å². The molecular formula is C19H20O5. The first-order valence-corrected chi connectivity index (χ1v) is 7.68. The lowest BCUT2D eigenvalue weighted by molar-refractivity contribution is 0.112. The summed E-state index contributed by atoms with van der Waals surface area (Å²) in [6.45, 7) is 2.07. The summed E-state index contributed by atoms with van der Waals surface area (Å²) in [6.07, 6.45) is 0.634. The molecule has 0 amide bonds. The number of hydrogen-bond donors (Lipinski definition) is 0. The first kappa shape index (κ1) is 16.2. The van der Waals surface area contributed by atoms with E-state index in [4.69, 9.17) is 18.9 Å². The minimum absolute atomic E-state index is 0.0758. The summed E-state index contributed by atoms with van der Waals surface area (Å²) in [4.78, 5) is 11.2. The lowest BCUT2D eigenvalue weighted by atomic mass is 9.91. The molecule has 0 bridgehead atoms. The summed E-state index contributed by atoms with van der Waals surface area (Å²) < 4.78 is 22.2. The molecule has 1 aliphatic rings. The number of aldehydes is 1. The second-order valence-corrected chi connectivity index (χ2v) is 5.70. The fraction of sp³-hybridized carbons (Fsp3) is 0.316. The number of fused-ring (bicyclic) bond motifs is 1. The third-order valence-electron chi connectivity index (χ3n) is 4.39. The molecule has 0 saturated carbocycles. The van der Waals surface area contributed by atoms with E-state index in [2.05, 4.69) is 6.92 Å². The van der Waals surface area contributed by atoms with Crippen molar-refractivity contribution in [1.29, 1.82) is 0 Å². The van der Waals surface area contributed by atoms with E-state index in [0.717, 1.165) is 17.4 Å². The van der Waals surface area contributed by atoms with Crippen molar-refractivity contribution in [2.75, 3.05) is 21.3 Å². The predicted octanol–water partition coefficient (Wildman–Crippen LogP) is 3.76. The van der Waals surface area contributed by atoms with Crippen LogP contribution in [0.3, 0.4) is 0 Å². The van der Waals surface area contributed by atoms with Crippen LogP contribution in [0.4, 0.5) is 0 Å². The van der Waals surface area contributed by atoms with Crippen LogP contribution in [0.1, 0.15) is 40.4 Å². The summed E-state index contributed by atoms with van der Waals surface area (Å²) in [5, 5.41) is 0. The lowest BCUT2D eigenvalue weighted by Crippen LogP contribution is -2.07. The molecule has 2 atom stereocenters. The molecule has 1 aliphatic heterocycles. The molecule has 0 fully saturated rings. The van der Waals surface area contributed by atoms with E-state index in [0.29, 0.717) is 28.6 Å². The van der Waals surface area contributed by atoms with Gasteiger partial charge in [0, 0.05) is 17.0 Å². The zero-order chi connectivity index (χ0) is 17.3.